The molecule has 0 fully saturated rings. The molecule has 0 unspecified atom stereocenters. The summed E-state index contributed by atoms with van der Waals surface area (Å²) in [5.74, 6) is 0. The van der Waals surface area contributed by atoms with Gasteiger partial charge >= 0.3 is 0 Å². The van der Waals surface area contributed by atoms with E-state index in [-0.39, 0.29) is 17.7 Å². The molecule has 6 nitrogen and oxygen atoms in total. The maximum atomic E-state index is 12.0. The van der Waals surface area contributed by atoms with Crippen molar-refractivity contribution in [3.8, 4) is 0 Å². The van der Waals surface area contributed by atoms with Crippen LogP contribution in [0.4, 0.5) is 0 Å². The van der Waals surface area contributed by atoms with E-state index in [1.807, 2.05) is 32.7 Å². The van der Waals surface area contributed by atoms with Crippen molar-refractivity contribution in [2.45, 2.75) is 39.3 Å². The Morgan fingerprint density at radius 3 is 2.80 bits per heavy atom. The minimum absolute atomic E-state index is 0.0469. The number of fused-ring (bicyclic) bond motifs is 1. The van der Waals surface area contributed by atoms with Gasteiger partial charge < -0.3 is 5.11 Å². The molecular weight excluding hydrogens is 276 g/mol. The highest BCUT2D eigenvalue weighted by Crippen LogP contribution is 2.16. The van der Waals surface area contributed by atoms with Crippen molar-refractivity contribution < 1.29 is 5.11 Å². The molecule has 0 aliphatic rings. The van der Waals surface area contributed by atoms with E-state index in [0.717, 1.165) is 11.4 Å². The summed E-state index contributed by atoms with van der Waals surface area (Å²) in [4.78, 5) is 19.1. The number of rotatable bonds is 5. The Bertz CT molecular complexity index is 662. The Labute approximate surface area is 121 Å². The predicted octanol–water partition coefficient (Wildman–Crippen LogP) is 0.916. The monoisotopic (exact) mass is 296 g/mol. The van der Waals surface area contributed by atoms with Crippen molar-refractivity contribution in [3.63, 3.8) is 0 Å². The molecule has 0 aromatic carbocycles. The van der Waals surface area contributed by atoms with E-state index in [2.05, 4.69) is 10.1 Å². The van der Waals surface area contributed by atoms with Crippen LogP contribution in [-0.4, -0.2) is 43.8 Å². The number of aliphatic hydroxyl groups excluding tert-OH is 1. The molecule has 0 radical (unpaired) electrons. The van der Waals surface area contributed by atoms with Gasteiger partial charge in [0.25, 0.3) is 5.56 Å². The number of likely N-dealkylation sites (N-methyl/N-ethyl adjacent to an activating group) is 1. The van der Waals surface area contributed by atoms with Gasteiger partial charge in [0.2, 0.25) is 4.96 Å². The highest BCUT2D eigenvalue weighted by Gasteiger charge is 2.23. The van der Waals surface area contributed by atoms with Gasteiger partial charge in [-0.05, 0) is 27.3 Å². The second kappa shape index (κ2) is 5.59. The summed E-state index contributed by atoms with van der Waals surface area (Å²) in [5.41, 5.74) is 0.191. The van der Waals surface area contributed by atoms with Crippen LogP contribution in [0.5, 0.6) is 0 Å². The lowest BCUT2D eigenvalue weighted by Crippen LogP contribution is -2.44. The predicted molar refractivity (Wildman–Crippen MR) is 79.1 cm³/mol. The number of aryl methyl sites for hydroxylation is 1. The summed E-state index contributed by atoms with van der Waals surface area (Å²) in [5, 5.41) is 14.5. The summed E-state index contributed by atoms with van der Waals surface area (Å²) >= 11 is 1.44. The molecule has 0 amide bonds. The average Bonchev–Trinajstić information content (AvgIpc) is 2.82. The van der Waals surface area contributed by atoms with E-state index >= 15 is 0 Å². The first-order valence-corrected chi connectivity index (χ1v) is 7.40. The van der Waals surface area contributed by atoms with Crippen LogP contribution in [0.1, 0.15) is 31.5 Å². The van der Waals surface area contributed by atoms with Gasteiger partial charge in [-0.25, -0.2) is 4.98 Å². The second-order valence-corrected chi connectivity index (χ2v) is 6.50. The topological polar surface area (TPSA) is 70.7 Å². The van der Waals surface area contributed by atoms with Crippen molar-refractivity contribution in [1.29, 1.82) is 0 Å². The van der Waals surface area contributed by atoms with Crippen LogP contribution in [0, 0.1) is 0 Å². The zero-order valence-electron chi connectivity index (χ0n) is 12.3. The molecule has 0 spiro atoms. The van der Waals surface area contributed by atoms with Crippen molar-refractivity contribution in [2.24, 2.45) is 0 Å². The summed E-state index contributed by atoms with van der Waals surface area (Å²) < 4.78 is 1.35. The van der Waals surface area contributed by atoms with Gasteiger partial charge in [0.05, 0.1) is 12.3 Å². The maximum Gasteiger partial charge on any atom is 0.275 e. The van der Waals surface area contributed by atoms with Crippen LogP contribution in [0.25, 0.3) is 4.96 Å². The molecule has 0 aliphatic heterocycles. The molecule has 1 N–H and O–H groups in total. The highest BCUT2D eigenvalue weighted by atomic mass is 32.1. The molecule has 2 heterocycles. The van der Waals surface area contributed by atoms with E-state index in [4.69, 9.17) is 0 Å². The summed E-state index contributed by atoms with van der Waals surface area (Å²) in [6.45, 7) is 6.45. The average molecular weight is 296 g/mol. The fourth-order valence-corrected chi connectivity index (χ4v) is 2.56. The smallest absolute Gasteiger partial charge is 0.275 e. The third-order valence-corrected chi connectivity index (χ3v) is 4.51. The summed E-state index contributed by atoms with van der Waals surface area (Å²) in [7, 11) is 1.91. The number of hydrogen-bond donors (Lipinski definition) is 1. The van der Waals surface area contributed by atoms with Crippen molar-refractivity contribution in [3.05, 3.63) is 27.1 Å². The first-order valence-electron chi connectivity index (χ1n) is 6.58. The zero-order chi connectivity index (χ0) is 14.9. The molecule has 110 valence electrons. The van der Waals surface area contributed by atoms with Crippen molar-refractivity contribution >= 4 is 16.3 Å². The summed E-state index contributed by atoms with van der Waals surface area (Å²) in [6, 6.07) is 1.51. The van der Waals surface area contributed by atoms with Gasteiger partial charge in [-0.2, -0.15) is 9.61 Å². The standard InChI is InChI=1S/C13H20N4O2S/c1-5-10-15-17-11(19)6-9(14-12(17)20-10)7-16(4)13(2,3)8-18/h6,18H,5,7-8H2,1-4H3. The van der Waals surface area contributed by atoms with E-state index in [9.17, 15) is 9.90 Å². The SMILES string of the molecule is CCc1nn2c(=O)cc(CN(C)C(C)(C)CO)nc2s1. The highest BCUT2D eigenvalue weighted by molar-refractivity contribution is 7.16. The molecular formula is C13H20N4O2S. The Morgan fingerprint density at radius 2 is 2.20 bits per heavy atom. The van der Waals surface area contributed by atoms with Crippen LogP contribution in [0.2, 0.25) is 0 Å². The van der Waals surface area contributed by atoms with Gasteiger partial charge in [0.1, 0.15) is 5.01 Å². The lowest BCUT2D eigenvalue weighted by atomic mass is 10.1. The first-order chi connectivity index (χ1) is 9.37. The zero-order valence-corrected chi connectivity index (χ0v) is 13.1. The molecule has 0 saturated heterocycles. The van der Waals surface area contributed by atoms with Crippen LogP contribution in [0.15, 0.2) is 10.9 Å². The lowest BCUT2D eigenvalue weighted by molar-refractivity contribution is 0.0724. The largest absolute Gasteiger partial charge is 0.394 e. The molecule has 2 aromatic rings. The van der Waals surface area contributed by atoms with Crippen molar-refractivity contribution in [1.82, 2.24) is 19.5 Å². The molecule has 0 bridgehead atoms. The van der Waals surface area contributed by atoms with Crippen molar-refractivity contribution in [2.75, 3.05) is 13.7 Å². The molecule has 2 aromatic heterocycles. The normalized spacial score (nSPS) is 12.5. The summed E-state index contributed by atoms with van der Waals surface area (Å²) in [6.07, 6.45) is 0.792. The van der Waals surface area contributed by atoms with E-state index < -0.39 is 0 Å². The van der Waals surface area contributed by atoms with Gasteiger partial charge in [0, 0.05) is 18.2 Å². The fraction of sp³-hybridized carbons (Fsp3) is 0.615. The number of aliphatic hydroxyl groups is 1. The lowest BCUT2D eigenvalue weighted by Gasteiger charge is -2.33. The van der Waals surface area contributed by atoms with E-state index in [0.29, 0.717) is 17.2 Å². The minimum atomic E-state index is -0.352. The van der Waals surface area contributed by atoms with Gasteiger partial charge in [-0.15, -0.1) is 0 Å². The fourth-order valence-electron chi connectivity index (χ4n) is 1.70. The molecule has 2 rings (SSSR count). The second-order valence-electron chi connectivity index (χ2n) is 5.46. The third kappa shape index (κ3) is 2.89. The number of nitrogens with zero attached hydrogens (tertiary/aromatic N) is 4. The quantitative estimate of drug-likeness (QED) is 0.888. The molecule has 20 heavy (non-hydrogen) atoms. The molecule has 0 saturated carbocycles. The van der Waals surface area contributed by atoms with Crippen LogP contribution >= 0.6 is 11.3 Å². The van der Waals surface area contributed by atoms with Gasteiger partial charge in [0.15, 0.2) is 0 Å². The Morgan fingerprint density at radius 1 is 1.50 bits per heavy atom. The van der Waals surface area contributed by atoms with Gasteiger partial charge in [-0.1, -0.05) is 18.3 Å². The van der Waals surface area contributed by atoms with Gasteiger partial charge in [-0.3, -0.25) is 9.69 Å². The van der Waals surface area contributed by atoms with Crippen LogP contribution < -0.4 is 5.56 Å². The maximum absolute atomic E-state index is 12.0. The third-order valence-electron chi connectivity index (χ3n) is 3.46. The Kier molecular flexibility index (Phi) is 4.22. The Hall–Kier alpha value is -1.31. The molecule has 7 heteroatoms. The van der Waals surface area contributed by atoms with Crippen LogP contribution in [-0.2, 0) is 13.0 Å². The van der Waals surface area contributed by atoms with E-state index in [1.54, 1.807) is 0 Å². The van der Waals surface area contributed by atoms with E-state index in [1.165, 1.54) is 21.9 Å². The molecule has 0 atom stereocenters. The Balaban J connectivity index is 2.34. The number of hydrogen-bond acceptors (Lipinski definition) is 6. The first kappa shape index (κ1) is 15.1. The molecule has 0 aliphatic carbocycles. The van der Waals surface area contributed by atoms with Crippen LogP contribution in [0.3, 0.4) is 0 Å². The minimum Gasteiger partial charge on any atom is -0.394 e. The number of aromatic nitrogens is 3.